The molecule has 0 unspecified atom stereocenters. The van der Waals surface area contributed by atoms with Gasteiger partial charge in [-0.1, -0.05) is 30.3 Å². The molecule has 0 heterocycles. The van der Waals surface area contributed by atoms with Crippen molar-refractivity contribution < 1.29 is 14.4 Å². The predicted molar refractivity (Wildman–Crippen MR) is 58.5 cm³/mol. The van der Waals surface area contributed by atoms with Crippen LogP contribution in [0.1, 0.15) is 18.4 Å². The highest BCUT2D eigenvalue weighted by Gasteiger charge is 2.27. The van der Waals surface area contributed by atoms with E-state index in [1.807, 2.05) is 30.3 Å². The van der Waals surface area contributed by atoms with Crippen LogP contribution < -0.4 is 0 Å². The lowest BCUT2D eigenvalue weighted by atomic mass is 10.2. The third-order valence-corrected chi connectivity index (χ3v) is 2.29. The van der Waals surface area contributed by atoms with Crippen LogP contribution in [0.2, 0.25) is 0 Å². The third kappa shape index (κ3) is 3.24. The van der Waals surface area contributed by atoms with Crippen LogP contribution in [0.15, 0.2) is 30.3 Å². The number of rotatable bonds is 4. The Bertz CT molecular complexity index is 349. The van der Waals surface area contributed by atoms with E-state index in [9.17, 15) is 4.79 Å². The average molecular weight is 221 g/mol. The SMILES string of the molecule is CN(OC1CC1)C(=O)OCc1ccccc1. The summed E-state index contributed by atoms with van der Waals surface area (Å²) < 4.78 is 5.08. The van der Waals surface area contributed by atoms with Gasteiger partial charge in [0.05, 0.1) is 6.10 Å². The maximum Gasteiger partial charge on any atom is 0.434 e. The Kier molecular flexibility index (Phi) is 3.41. The Labute approximate surface area is 94.7 Å². The van der Waals surface area contributed by atoms with Gasteiger partial charge in [-0.25, -0.2) is 4.79 Å². The quantitative estimate of drug-likeness (QED) is 0.732. The second kappa shape index (κ2) is 4.99. The number of carbonyl (C=O) groups excluding carboxylic acids is 1. The predicted octanol–water partition coefficient (Wildman–Crippen LogP) is 2.35. The van der Waals surface area contributed by atoms with E-state index >= 15 is 0 Å². The largest absolute Gasteiger partial charge is 0.443 e. The molecule has 16 heavy (non-hydrogen) atoms. The molecule has 0 bridgehead atoms. The third-order valence-electron chi connectivity index (χ3n) is 2.29. The molecule has 1 saturated carbocycles. The van der Waals surface area contributed by atoms with Crippen molar-refractivity contribution in [3.63, 3.8) is 0 Å². The van der Waals surface area contributed by atoms with E-state index in [2.05, 4.69) is 0 Å². The fraction of sp³-hybridized carbons (Fsp3) is 0.417. The van der Waals surface area contributed by atoms with E-state index in [1.165, 1.54) is 5.06 Å². The van der Waals surface area contributed by atoms with Crippen molar-refractivity contribution in [2.75, 3.05) is 7.05 Å². The summed E-state index contributed by atoms with van der Waals surface area (Å²) >= 11 is 0. The number of ether oxygens (including phenoxy) is 1. The summed E-state index contributed by atoms with van der Waals surface area (Å²) in [4.78, 5) is 16.7. The smallest absolute Gasteiger partial charge is 0.434 e. The van der Waals surface area contributed by atoms with Gasteiger partial charge in [-0.2, -0.15) is 5.06 Å². The molecular formula is C12H15NO3. The van der Waals surface area contributed by atoms with Crippen molar-refractivity contribution in [1.82, 2.24) is 5.06 Å². The molecule has 1 fully saturated rings. The molecule has 0 aromatic heterocycles. The van der Waals surface area contributed by atoms with Gasteiger partial charge >= 0.3 is 6.09 Å². The molecule has 1 aliphatic rings. The summed E-state index contributed by atoms with van der Waals surface area (Å²) in [6.07, 6.45) is 1.80. The Morgan fingerprint density at radius 3 is 2.69 bits per heavy atom. The van der Waals surface area contributed by atoms with Crippen molar-refractivity contribution in [3.8, 4) is 0 Å². The lowest BCUT2D eigenvalue weighted by molar-refractivity contribution is -0.130. The van der Waals surface area contributed by atoms with Gasteiger partial charge in [0.25, 0.3) is 0 Å². The van der Waals surface area contributed by atoms with E-state index in [4.69, 9.17) is 9.57 Å². The molecule has 1 aliphatic carbocycles. The van der Waals surface area contributed by atoms with Crippen LogP contribution in [0.5, 0.6) is 0 Å². The zero-order valence-electron chi connectivity index (χ0n) is 9.26. The molecule has 0 spiro atoms. The van der Waals surface area contributed by atoms with Gasteiger partial charge in [0, 0.05) is 7.05 Å². The fourth-order valence-electron chi connectivity index (χ4n) is 1.25. The highest BCUT2D eigenvalue weighted by Crippen LogP contribution is 2.24. The summed E-state index contributed by atoms with van der Waals surface area (Å²) in [7, 11) is 1.58. The van der Waals surface area contributed by atoms with Crippen molar-refractivity contribution in [2.45, 2.75) is 25.6 Å². The van der Waals surface area contributed by atoms with Crippen LogP contribution in [0.25, 0.3) is 0 Å². The molecular weight excluding hydrogens is 206 g/mol. The molecule has 0 aliphatic heterocycles. The normalized spacial score (nSPS) is 14.6. The van der Waals surface area contributed by atoms with Crippen LogP contribution in [-0.2, 0) is 16.2 Å². The number of carbonyl (C=O) groups is 1. The number of hydrogen-bond donors (Lipinski definition) is 0. The number of nitrogens with zero attached hydrogens (tertiary/aromatic N) is 1. The van der Waals surface area contributed by atoms with E-state index in [1.54, 1.807) is 7.05 Å². The van der Waals surface area contributed by atoms with Crippen LogP contribution in [0.3, 0.4) is 0 Å². The van der Waals surface area contributed by atoms with Crippen molar-refractivity contribution in [2.24, 2.45) is 0 Å². The van der Waals surface area contributed by atoms with Crippen LogP contribution in [0.4, 0.5) is 4.79 Å². The standard InChI is InChI=1S/C12H15NO3/c1-13(16-11-7-8-11)12(14)15-9-10-5-3-2-4-6-10/h2-6,11H,7-9H2,1H3. The van der Waals surface area contributed by atoms with Crippen molar-refractivity contribution >= 4 is 6.09 Å². The highest BCUT2D eigenvalue weighted by atomic mass is 16.7. The van der Waals surface area contributed by atoms with Crippen LogP contribution in [-0.4, -0.2) is 24.3 Å². The molecule has 0 saturated heterocycles. The first-order valence-corrected chi connectivity index (χ1v) is 5.37. The summed E-state index contributed by atoms with van der Waals surface area (Å²) in [6.45, 7) is 0.276. The first-order chi connectivity index (χ1) is 7.75. The maximum absolute atomic E-state index is 11.5. The number of hydroxylamine groups is 2. The fourth-order valence-corrected chi connectivity index (χ4v) is 1.25. The molecule has 0 radical (unpaired) electrons. The monoisotopic (exact) mass is 221 g/mol. The van der Waals surface area contributed by atoms with Gasteiger partial charge in [0.1, 0.15) is 6.61 Å². The topological polar surface area (TPSA) is 38.8 Å². The minimum Gasteiger partial charge on any atom is -0.443 e. The molecule has 1 aromatic carbocycles. The molecule has 4 heteroatoms. The van der Waals surface area contributed by atoms with E-state index in [0.717, 1.165) is 18.4 Å². The molecule has 4 nitrogen and oxygen atoms in total. The van der Waals surface area contributed by atoms with Crippen LogP contribution >= 0.6 is 0 Å². The molecule has 2 rings (SSSR count). The van der Waals surface area contributed by atoms with Crippen LogP contribution in [0, 0.1) is 0 Å². The Balaban J connectivity index is 1.74. The van der Waals surface area contributed by atoms with Crippen molar-refractivity contribution in [1.29, 1.82) is 0 Å². The number of benzene rings is 1. The van der Waals surface area contributed by atoms with Gasteiger partial charge < -0.3 is 4.74 Å². The summed E-state index contributed by atoms with van der Waals surface area (Å²) in [5, 5.41) is 1.17. The van der Waals surface area contributed by atoms with Crippen molar-refractivity contribution in [3.05, 3.63) is 35.9 Å². The molecule has 0 atom stereocenters. The number of hydrogen-bond acceptors (Lipinski definition) is 3. The second-order valence-electron chi connectivity index (χ2n) is 3.84. The van der Waals surface area contributed by atoms with E-state index < -0.39 is 6.09 Å². The lowest BCUT2D eigenvalue weighted by Crippen LogP contribution is -2.28. The van der Waals surface area contributed by atoms with Gasteiger partial charge in [-0.05, 0) is 18.4 Å². The second-order valence-corrected chi connectivity index (χ2v) is 3.84. The molecule has 1 aromatic rings. The van der Waals surface area contributed by atoms with Gasteiger partial charge in [-0.3, -0.25) is 4.84 Å². The van der Waals surface area contributed by atoms with Gasteiger partial charge in [0.2, 0.25) is 0 Å². The van der Waals surface area contributed by atoms with Gasteiger partial charge in [-0.15, -0.1) is 0 Å². The first kappa shape index (κ1) is 11.0. The minimum absolute atomic E-state index is 0.203. The van der Waals surface area contributed by atoms with E-state index in [0.29, 0.717) is 0 Å². The first-order valence-electron chi connectivity index (χ1n) is 5.37. The maximum atomic E-state index is 11.5. The minimum atomic E-state index is -0.448. The molecule has 86 valence electrons. The lowest BCUT2D eigenvalue weighted by Gasteiger charge is -2.15. The summed E-state index contributed by atoms with van der Waals surface area (Å²) in [5.41, 5.74) is 0.968. The highest BCUT2D eigenvalue weighted by molar-refractivity contribution is 5.65. The Morgan fingerprint density at radius 1 is 1.38 bits per heavy atom. The molecule has 0 N–H and O–H groups in total. The van der Waals surface area contributed by atoms with Gasteiger partial charge in [0.15, 0.2) is 0 Å². The molecule has 1 amide bonds. The Morgan fingerprint density at radius 2 is 2.06 bits per heavy atom. The zero-order chi connectivity index (χ0) is 11.4. The zero-order valence-corrected chi connectivity index (χ0v) is 9.26. The average Bonchev–Trinajstić information content (AvgIpc) is 3.11. The summed E-state index contributed by atoms with van der Waals surface area (Å²) in [6, 6.07) is 9.57. The number of amides is 1. The van der Waals surface area contributed by atoms with E-state index in [-0.39, 0.29) is 12.7 Å². The summed E-state index contributed by atoms with van der Waals surface area (Å²) in [5.74, 6) is 0. The Hall–Kier alpha value is -1.55.